The van der Waals surface area contributed by atoms with Crippen LogP contribution in [0.2, 0.25) is 0 Å². The van der Waals surface area contributed by atoms with Crippen LogP contribution in [0.5, 0.6) is 0 Å². The van der Waals surface area contributed by atoms with Crippen molar-refractivity contribution >= 4 is 11.4 Å². The number of anilines is 2. The Kier molecular flexibility index (Phi) is 2.33. The summed E-state index contributed by atoms with van der Waals surface area (Å²) >= 11 is 0. The van der Waals surface area contributed by atoms with Crippen molar-refractivity contribution in [1.82, 2.24) is 0 Å². The van der Waals surface area contributed by atoms with Crippen molar-refractivity contribution in [3.05, 3.63) is 23.3 Å². The Labute approximate surface area is 73.6 Å². The number of nitriles is 1. The maximum absolute atomic E-state index is 12.3. The van der Waals surface area contributed by atoms with Crippen LogP contribution in [0.4, 0.5) is 20.2 Å². The predicted octanol–water partition coefficient (Wildman–Crippen LogP) is 1.66. The minimum Gasteiger partial charge on any atom is -0.398 e. The molecule has 0 radical (unpaired) electrons. The lowest BCUT2D eigenvalue weighted by molar-refractivity contribution is 0.153. The largest absolute Gasteiger partial charge is 0.398 e. The van der Waals surface area contributed by atoms with E-state index in [1.54, 1.807) is 6.07 Å². The maximum atomic E-state index is 12.3. The Morgan fingerprint density at radius 3 is 2.00 bits per heavy atom. The fourth-order valence-electron chi connectivity index (χ4n) is 1.02. The SMILES string of the molecule is N#Cc1cc(N)c(C(F)F)c(N)c1. The highest BCUT2D eigenvalue weighted by Crippen LogP contribution is 2.31. The molecule has 0 saturated heterocycles. The number of benzene rings is 1. The third-order valence-corrected chi connectivity index (χ3v) is 1.59. The minimum atomic E-state index is -2.72. The van der Waals surface area contributed by atoms with Gasteiger partial charge in [0.15, 0.2) is 0 Å². The minimum absolute atomic E-state index is 0.147. The number of hydrogen-bond acceptors (Lipinski definition) is 3. The van der Waals surface area contributed by atoms with Crippen LogP contribution in [0, 0.1) is 11.3 Å². The van der Waals surface area contributed by atoms with Crippen molar-refractivity contribution in [3.8, 4) is 6.07 Å². The third-order valence-electron chi connectivity index (χ3n) is 1.59. The van der Waals surface area contributed by atoms with Gasteiger partial charge in [-0.1, -0.05) is 0 Å². The van der Waals surface area contributed by atoms with Crippen LogP contribution in [-0.2, 0) is 0 Å². The van der Waals surface area contributed by atoms with Gasteiger partial charge < -0.3 is 11.5 Å². The van der Waals surface area contributed by atoms with Crippen molar-refractivity contribution < 1.29 is 8.78 Å². The second-order valence-electron chi connectivity index (χ2n) is 2.48. The highest BCUT2D eigenvalue weighted by Gasteiger charge is 2.15. The Balaban J connectivity index is 3.33. The molecule has 1 aromatic rings. The molecule has 0 fully saturated rings. The van der Waals surface area contributed by atoms with Gasteiger partial charge in [0.05, 0.1) is 17.2 Å². The summed E-state index contributed by atoms with van der Waals surface area (Å²) in [5, 5.41) is 8.47. The zero-order chi connectivity index (χ0) is 10.0. The highest BCUT2D eigenvalue weighted by molar-refractivity contribution is 5.65. The first kappa shape index (κ1) is 9.26. The van der Waals surface area contributed by atoms with E-state index in [9.17, 15) is 8.78 Å². The summed E-state index contributed by atoms with van der Waals surface area (Å²) in [4.78, 5) is 0. The summed E-state index contributed by atoms with van der Waals surface area (Å²) in [5.41, 5.74) is 10.1. The van der Waals surface area contributed by atoms with E-state index in [2.05, 4.69) is 0 Å². The molecule has 0 atom stereocenters. The molecule has 5 heteroatoms. The molecule has 4 N–H and O–H groups in total. The molecule has 0 aromatic heterocycles. The second kappa shape index (κ2) is 3.27. The lowest BCUT2D eigenvalue weighted by Gasteiger charge is -2.07. The van der Waals surface area contributed by atoms with Gasteiger partial charge >= 0.3 is 0 Å². The van der Waals surface area contributed by atoms with Crippen LogP contribution in [0.25, 0.3) is 0 Å². The first-order valence-corrected chi connectivity index (χ1v) is 3.43. The normalized spacial score (nSPS) is 10.0. The zero-order valence-corrected chi connectivity index (χ0v) is 6.59. The number of nitrogens with zero attached hydrogens (tertiary/aromatic N) is 1. The Morgan fingerprint density at radius 2 is 1.69 bits per heavy atom. The van der Waals surface area contributed by atoms with E-state index in [1.807, 2.05) is 0 Å². The summed E-state index contributed by atoms with van der Waals surface area (Å²) in [5.74, 6) is 0. The molecule has 1 rings (SSSR count). The number of hydrogen-bond donors (Lipinski definition) is 2. The second-order valence-corrected chi connectivity index (χ2v) is 2.48. The van der Waals surface area contributed by atoms with Crippen molar-refractivity contribution in [2.75, 3.05) is 11.5 Å². The van der Waals surface area contributed by atoms with Gasteiger partial charge in [0, 0.05) is 11.4 Å². The lowest BCUT2D eigenvalue weighted by atomic mass is 10.1. The number of nitrogens with two attached hydrogens (primary N) is 2. The molecule has 13 heavy (non-hydrogen) atoms. The van der Waals surface area contributed by atoms with Crippen molar-refractivity contribution in [3.63, 3.8) is 0 Å². The van der Waals surface area contributed by atoms with Crippen molar-refractivity contribution in [1.29, 1.82) is 5.26 Å². The molecule has 0 aliphatic heterocycles. The van der Waals surface area contributed by atoms with Gasteiger partial charge in [-0.3, -0.25) is 0 Å². The molecule has 0 saturated carbocycles. The maximum Gasteiger partial charge on any atom is 0.267 e. The molecule has 68 valence electrons. The third kappa shape index (κ3) is 1.67. The smallest absolute Gasteiger partial charge is 0.267 e. The standard InChI is InChI=1S/C8H7F2N3/c9-8(10)7-5(12)1-4(3-11)2-6(7)13/h1-2,8H,12-13H2. The van der Waals surface area contributed by atoms with E-state index in [0.29, 0.717) is 0 Å². The van der Waals surface area contributed by atoms with Crippen LogP contribution in [0.1, 0.15) is 17.6 Å². The Hall–Kier alpha value is -1.83. The summed E-state index contributed by atoms with van der Waals surface area (Å²) in [6, 6.07) is 4.13. The molecule has 0 heterocycles. The van der Waals surface area contributed by atoms with Crippen LogP contribution in [-0.4, -0.2) is 0 Å². The van der Waals surface area contributed by atoms with Gasteiger partial charge in [0.1, 0.15) is 0 Å². The Morgan fingerprint density at radius 1 is 1.23 bits per heavy atom. The van der Waals surface area contributed by atoms with Crippen LogP contribution in [0.15, 0.2) is 12.1 Å². The fourth-order valence-corrected chi connectivity index (χ4v) is 1.02. The lowest BCUT2D eigenvalue weighted by Crippen LogP contribution is -2.01. The Bertz CT molecular complexity index is 345. The average molecular weight is 183 g/mol. The van der Waals surface area contributed by atoms with Crippen LogP contribution in [0.3, 0.4) is 0 Å². The van der Waals surface area contributed by atoms with E-state index in [0.717, 1.165) is 0 Å². The summed E-state index contributed by atoms with van der Waals surface area (Å²) in [6.45, 7) is 0. The van der Waals surface area contributed by atoms with Gasteiger partial charge in [-0.2, -0.15) is 5.26 Å². The molecule has 0 bridgehead atoms. The van der Waals surface area contributed by atoms with Crippen LogP contribution >= 0.6 is 0 Å². The van der Waals surface area contributed by atoms with Gasteiger partial charge in [0.2, 0.25) is 0 Å². The molecule has 0 amide bonds. The number of rotatable bonds is 1. The first-order chi connectivity index (χ1) is 6.06. The zero-order valence-electron chi connectivity index (χ0n) is 6.59. The summed E-state index contributed by atoms with van der Waals surface area (Å²) in [7, 11) is 0. The predicted molar refractivity (Wildman–Crippen MR) is 44.9 cm³/mol. The average Bonchev–Trinajstić information content (AvgIpc) is 2.02. The first-order valence-electron chi connectivity index (χ1n) is 3.43. The molecule has 0 spiro atoms. The molecule has 0 aliphatic rings. The number of halogens is 2. The molecule has 0 unspecified atom stereocenters. The quantitative estimate of drug-likeness (QED) is 0.650. The van der Waals surface area contributed by atoms with E-state index in [4.69, 9.17) is 16.7 Å². The van der Waals surface area contributed by atoms with E-state index in [-0.39, 0.29) is 16.9 Å². The monoisotopic (exact) mass is 183 g/mol. The molecule has 0 aliphatic carbocycles. The molecular weight excluding hydrogens is 176 g/mol. The van der Waals surface area contributed by atoms with Gasteiger partial charge in [-0.05, 0) is 12.1 Å². The molecule has 1 aromatic carbocycles. The molecule has 3 nitrogen and oxygen atoms in total. The summed E-state index contributed by atoms with van der Waals surface area (Å²) in [6.07, 6.45) is -2.72. The van der Waals surface area contributed by atoms with E-state index < -0.39 is 12.0 Å². The van der Waals surface area contributed by atoms with Crippen molar-refractivity contribution in [2.24, 2.45) is 0 Å². The van der Waals surface area contributed by atoms with E-state index in [1.165, 1.54) is 12.1 Å². The fraction of sp³-hybridized carbons (Fsp3) is 0.125. The van der Waals surface area contributed by atoms with Gasteiger partial charge in [-0.25, -0.2) is 8.78 Å². The topological polar surface area (TPSA) is 75.8 Å². The molecular formula is C8H7F2N3. The van der Waals surface area contributed by atoms with Gasteiger partial charge in [-0.15, -0.1) is 0 Å². The van der Waals surface area contributed by atoms with E-state index >= 15 is 0 Å². The van der Waals surface area contributed by atoms with Crippen molar-refractivity contribution in [2.45, 2.75) is 6.43 Å². The summed E-state index contributed by atoms with van der Waals surface area (Å²) < 4.78 is 24.6. The van der Waals surface area contributed by atoms with Gasteiger partial charge in [0.25, 0.3) is 6.43 Å². The highest BCUT2D eigenvalue weighted by atomic mass is 19.3. The van der Waals surface area contributed by atoms with Crippen LogP contribution < -0.4 is 11.5 Å². The number of nitrogen functional groups attached to an aromatic ring is 2. The number of alkyl halides is 2.